The molecule has 1 saturated carbocycles. The predicted molar refractivity (Wildman–Crippen MR) is 140 cm³/mol. The van der Waals surface area contributed by atoms with Crippen LogP contribution in [0.2, 0.25) is 0 Å². The zero-order valence-electron chi connectivity index (χ0n) is 21.0. The molecule has 2 aromatic heterocycles. The van der Waals surface area contributed by atoms with Gasteiger partial charge in [0.25, 0.3) is 11.5 Å². The van der Waals surface area contributed by atoms with Gasteiger partial charge in [0.1, 0.15) is 11.4 Å². The fourth-order valence-electron chi connectivity index (χ4n) is 5.23. The van der Waals surface area contributed by atoms with E-state index in [0.717, 1.165) is 54.2 Å². The first-order valence-electron chi connectivity index (χ1n) is 12.6. The third-order valence-corrected chi connectivity index (χ3v) is 7.56. The first-order chi connectivity index (χ1) is 18.2. The van der Waals surface area contributed by atoms with Crippen molar-refractivity contribution in [3.8, 4) is 5.69 Å². The minimum Gasteiger partial charge on any atom is -0.367 e. The van der Waals surface area contributed by atoms with Crippen LogP contribution in [0, 0.1) is 17.0 Å². The molecule has 11 heteroatoms. The Balaban J connectivity index is 1.40. The van der Waals surface area contributed by atoms with Crippen molar-refractivity contribution < 1.29 is 13.6 Å². The molecule has 1 atom stereocenters. The van der Waals surface area contributed by atoms with Crippen molar-refractivity contribution in [2.75, 3.05) is 23.3 Å². The molecule has 2 aromatic carbocycles. The highest BCUT2D eigenvalue weighted by atomic mass is 19.1. The van der Waals surface area contributed by atoms with Crippen LogP contribution in [0.15, 0.2) is 53.5 Å². The molecule has 4 aromatic rings. The summed E-state index contributed by atoms with van der Waals surface area (Å²) in [6.45, 7) is 5.50. The Kier molecular flexibility index (Phi) is 5.56. The van der Waals surface area contributed by atoms with Crippen molar-refractivity contribution in [3.63, 3.8) is 0 Å². The monoisotopic (exact) mass is 519 g/mol. The van der Waals surface area contributed by atoms with Crippen molar-refractivity contribution in [1.29, 1.82) is 0 Å². The number of aromatic nitrogens is 4. The van der Waals surface area contributed by atoms with Gasteiger partial charge in [-0.2, -0.15) is 14.9 Å². The predicted octanol–water partition coefficient (Wildman–Crippen LogP) is 3.62. The number of para-hydroxylation sites is 1. The van der Waals surface area contributed by atoms with E-state index in [-0.39, 0.29) is 23.2 Å². The van der Waals surface area contributed by atoms with Crippen LogP contribution in [0.1, 0.15) is 43.2 Å². The quantitative estimate of drug-likeness (QED) is 0.417. The van der Waals surface area contributed by atoms with Gasteiger partial charge in [0, 0.05) is 48.2 Å². The van der Waals surface area contributed by atoms with Gasteiger partial charge in [-0.1, -0.05) is 6.07 Å². The molecule has 1 saturated heterocycles. The molecule has 2 fully saturated rings. The Morgan fingerprint density at radius 2 is 1.82 bits per heavy atom. The molecule has 196 valence electrons. The maximum absolute atomic E-state index is 14.4. The summed E-state index contributed by atoms with van der Waals surface area (Å²) in [5.74, 6) is -2.56. The van der Waals surface area contributed by atoms with E-state index in [4.69, 9.17) is 5.73 Å². The number of nitrogens with one attached hydrogen (secondary N) is 1. The highest BCUT2D eigenvalue weighted by Gasteiger charge is 2.54. The molecule has 3 heterocycles. The Bertz CT molecular complexity index is 1620. The van der Waals surface area contributed by atoms with E-state index in [9.17, 15) is 18.4 Å². The third kappa shape index (κ3) is 3.94. The second-order valence-corrected chi connectivity index (χ2v) is 10.4. The van der Waals surface area contributed by atoms with E-state index >= 15 is 0 Å². The summed E-state index contributed by atoms with van der Waals surface area (Å²) in [5.41, 5.74) is 7.15. The maximum Gasteiger partial charge on any atom is 0.276 e. The molecule has 9 nitrogen and oxygen atoms in total. The molecule has 1 amide bonds. The van der Waals surface area contributed by atoms with Crippen molar-refractivity contribution in [1.82, 2.24) is 19.6 Å². The van der Waals surface area contributed by atoms with Crippen LogP contribution in [0.25, 0.3) is 16.6 Å². The molecule has 38 heavy (non-hydrogen) atoms. The van der Waals surface area contributed by atoms with Gasteiger partial charge in [-0.25, -0.2) is 8.78 Å². The Morgan fingerprint density at radius 3 is 2.47 bits per heavy atom. The standard InChI is InChI=1S/C27H27F2N7O2/c1-15(2)35-12-16-19(32-35)6-7-20(24(16)34-13-22(30)27(14-34)10-11-27)31-26(38)21-8-9-23(37)36(33-21)25-17(28)4-3-5-18(25)29/h3-9,12,15,22H,10-11,13-14,30H2,1-2H3,(H,31,38)/t22-/m0/s1. The van der Waals surface area contributed by atoms with Crippen LogP contribution in [0.4, 0.5) is 20.2 Å². The van der Waals surface area contributed by atoms with Gasteiger partial charge in [0.15, 0.2) is 11.6 Å². The van der Waals surface area contributed by atoms with Gasteiger partial charge >= 0.3 is 0 Å². The minimum atomic E-state index is -0.966. The first kappa shape index (κ1) is 24.2. The lowest BCUT2D eigenvalue weighted by Gasteiger charge is -2.23. The second kappa shape index (κ2) is 8.73. The summed E-state index contributed by atoms with van der Waals surface area (Å²) >= 11 is 0. The van der Waals surface area contributed by atoms with Gasteiger partial charge in [0.05, 0.1) is 16.9 Å². The summed E-state index contributed by atoms with van der Waals surface area (Å²) in [6, 6.07) is 9.30. The largest absolute Gasteiger partial charge is 0.367 e. The van der Waals surface area contributed by atoms with Gasteiger partial charge in [-0.3, -0.25) is 14.3 Å². The molecule has 1 aliphatic carbocycles. The lowest BCUT2D eigenvalue weighted by atomic mass is 10.0. The number of nitrogens with zero attached hydrogens (tertiary/aromatic N) is 5. The van der Waals surface area contributed by atoms with E-state index < -0.39 is 28.8 Å². The van der Waals surface area contributed by atoms with E-state index in [0.29, 0.717) is 16.9 Å². The summed E-state index contributed by atoms with van der Waals surface area (Å²) in [5, 5.41) is 12.5. The number of amides is 1. The zero-order chi connectivity index (χ0) is 26.8. The fourth-order valence-corrected chi connectivity index (χ4v) is 5.23. The SMILES string of the molecule is CC(C)n1cc2c(N3C[C@H](N)C4(CC4)C3)c(NC(=O)c3ccc(=O)n(-c4c(F)cccc4F)n3)ccc2n1. The van der Waals surface area contributed by atoms with Crippen molar-refractivity contribution in [2.24, 2.45) is 11.1 Å². The number of halogens is 2. The van der Waals surface area contributed by atoms with Gasteiger partial charge in [-0.15, -0.1) is 0 Å². The van der Waals surface area contributed by atoms with Crippen LogP contribution in [-0.4, -0.2) is 44.6 Å². The highest BCUT2D eigenvalue weighted by Crippen LogP contribution is 2.54. The van der Waals surface area contributed by atoms with Gasteiger partial charge in [-0.05, 0) is 57.0 Å². The van der Waals surface area contributed by atoms with E-state index in [1.165, 1.54) is 12.1 Å². The minimum absolute atomic E-state index is 0.0299. The molecule has 1 spiro atoms. The number of nitrogens with two attached hydrogens (primary N) is 1. The molecule has 3 N–H and O–H groups in total. The number of hydrogen-bond donors (Lipinski definition) is 2. The van der Waals surface area contributed by atoms with Crippen LogP contribution in [0.3, 0.4) is 0 Å². The van der Waals surface area contributed by atoms with Crippen LogP contribution >= 0.6 is 0 Å². The summed E-state index contributed by atoms with van der Waals surface area (Å²) in [7, 11) is 0. The highest BCUT2D eigenvalue weighted by molar-refractivity contribution is 6.08. The van der Waals surface area contributed by atoms with Crippen LogP contribution in [-0.2, 0) is 0 Å². The number of rotatable bonds is 5. The van der Waals surface area contributed by atoms with Crippen molar-refractivity contribution >= 4 is 28.2 Å². The third-order valence-electron chi connectivity index (χ3n) is 7.56. The lowest BCUT2D eigenvalue weighted by Crippen LogP contribution is -2.30. The topological polar surface area (TPSA) is 111 Å². The van der Waals surface area contributed by atoms with Gasteiger partial charge in [0.2, 0.25) is 0 Å². The van der Waals surface area contributed by atoms with Gasteiger partial charge < -0.3 is 16.0 Å². The van der Waals surface area contributed by atoms with E-state index in [1.54, 1.807) is 6.07 Å². The van der Waals surface area contributed by atoms with E-state index in [2.05, 4.69) is 20.4 Å². The van der Waals surface area contributed by atoms with Crippen LogP contribution < -0.4 is 21.5 Å². The molecule has 6 rings (SSSR count). The molecule has 0 bridgehead atoms. The molecule has 0 unspecified atom stereocenters. The lowest BCUT2D eigenvalue weighted by molar-refractivity contribution is 0.102. The summed E-state index contributed by atoms with van der Waals surface area (Å²) < 4.78 is 31.2. The van der Waals surface area contributed by atoms with Crippen molar-refractivity contribution in [3.05, 3.63) is 76.3 Å². The number of hydrogen-bond acceptors (Lipinski definition) is 6. The molecule has 0 radical (unpaired) electrons. The Morgan fingerprint density at radius 1 is 1.08 bits per heavy atom. The average Bonchev–Trinajstić information content (AvgIpc) is 3.40. The summed E-state index contributed by atoms with van der Waals surface area (Å²) in [6.07, 6.45) is 4.12. The number of carbonyl (C=O) groups is 1. The molecule has 1 aliphatic heterocycles. The maximum atomic E-state index is 14.4. The molecular weight excluding hydrogens is 492 g/mol. The summed E-state index contributed by atoms with van der Waals surface area (Å²) in [4.78, 5) is 28.0. The zero-order valence-corrected chi connectivity index (χ0v) is 21.0. The number of fused-ring (bicyclic) bond motifs is 1. The smallest absolute Gasteiger partial charge is 0.276 e. The van der Waals surface area contributed by atoms with E-state index in [1.807, 2.05) is 30.8 Å². The normalized spacial score (nSPS) is 18.1. The molecular formula is C27H27F2N7O2. The van der Waals surface area contributed by atoms with Crippen molar-refractivity contribution in [2.45, 2.75) is 38.8 Å². The molecule has 2 aliphatic rings. The fraction of sp³-hybridized carbons (Fsp3) is 0.333. The average molecular weight is 520 g/mol. The Hall–Kier alpha value is -4.12. The van der Waals surface area contributed by atoms with Crippen LogP contribution in [0.5, 0.6) is 0 Å². The number of anilines is 2. The Labute approximate surface area is 216 Å². The number of carbonyl (C=O) groups excluding carboxylic acids is 1. The number of benzene rings is 2. The second-order valence-electron chi connectivity index (χ2n) is 10.4. The first-order valence-corrected chi connectivity index (χ1v) is 12.6.